The predicted molar refractivity (Wildman–Crippen MR) is 61.6 cm³/mol. The molecule has 1 unspecified atom stereocenters. The lowest BCUT2D eigenvalue weighted by atomic mass is 10.0. The highest BCUT2D eigenvalue weighted by Crippen LogP contribution is 2.51. The molecule has 72 valence electrons. The Labute approximate surface area is 86.0 Å². The van der Waals surface area contributed by atoms with Crippen LogP contribution in [0.4, 0.5) is 0 Å². The fourth-order valence-corrected chi connectivity index (χ4v) is 2.22. The zero-order valence-electron chi connectivity index (χ0n) is 8.88. The molecule has 1 aromatic carbocycles. The summed E-state index contributed by atoms with van der Waals surface area (Å²) in [5.74, 6) is 0.605. The summed E-state index contributed by atoms with van der Waals surface area (Å²) in [7, 11) is 0. The maximum absolute atomic E-state index is 3.80. The topological polar surface area (TPSA) is 0 Å². The van der Waals surface area contributed by atoms with Gasteiger partial charge in [0.1, 0.15) is 0 Å². The van der Waals surface area contributed by atoms with Gasteiger partial charge >= 0.3 is 0 Å². The molecule has 0 radical (unpaired) electrons. The minimum absolute atomic E-state index is 0.605. The summed E-state index contributed by atoms with van der Waals surface area (Å²) in [6.07, 6.45) is 5.23. The lowest BCUT2D eigenvalue weighted by molar-refractivity contribution is 1.05. The second kappa shape index (κ2) is 3.45. The molecule has 1 aromatic rings. The molecular formula is C14H16. The van der Waals surface area contributed by atoms with Gasteiger partial charge in [-0.2, -0.15) is 0 Å². The first-order valence-electron chi connectivity index (χ1n) is 5.15. The molecule has 0 aromatic heterocycles. The molecule has 0 amide bonds. The molecule has 1 atom stereocenters. The third-order valence-corrected chi connectivity index (χ3v) is 3.00. The summed E-state index contributed by atoms with van der Waals surface area (Å²) in [4.78, 5) is 0. The quantitative estimate of drug-likeness (QED) is 0.624. The number of allylic oxidation sites excluding steroid dienone is 3. The number of rotatable bonds is 3. The van der Waals surface area contributed by atoms with Gasteiger partial charge in [0.25, 0.3) is 0 Å². The Hall–Kier alpha value is -1.30. The van der Waals surface area contributed by atoms with Crippen LogP contribution in [0.15, 0.2) is 42.5 Å². The lowest BCUT2D eigenvalue weighted by Crippen LogP contribution is -1.83. The van der Waals surface area contributed by atoms with Crippen molar-refractivity contribution in [3.05, 3.63) is 59.2 Å². The van der Waals surface area contributed by atoms with E-state index in [2.05, 4.69) is 44.7 Å². The van der Waals surface area contributed by atoms with E-state index in [-0.39, 0.29) is 0 Å². The molecule has 1 aliphatic carbocycles. The van der Waals surface area contributed by atoms with E-state index in [0.717, 1.165) is 6.42 Å². The summed E-state index contributed by atoms with van der Waals surface area (Å²) in [6, 6.07) is 6.58. The van der Waals surface area contributed by atoms with Gasteiger partial charge in [-0.3, -0.25) is 0 Å². The third kappa shape index (κ3) is 1.31. The zero-order valence-corrected chi connectivity index (χ0v) is 8.88. The third-order valence-electron chi connectivity index (χ3n) is 3.00. The highest BCUT2D eigenvalue weighted by molar-refractivity contribution is 5.62. The standard InChI is InChI=1S/C14H16/c1-4-7-11(5-2)14-12-9-6-8-10(3)13(12)14/h4-6,8-9,14H,1,7H2,2-3H3. The monoisotopic (exact) mass is 184 g/mol. The summed E-state index contributed by atoms with van der Waals surface area (Å²) in [6.45, 7) is 8.12. The number of aryl methyl sites for hydroxylation is 1. The van der Waals surface area contributed by atoms with Crippen molar-refractivity contribution in [2.24, 2.45) is 0 Å². The van der Waals surface area contributed by atoms with Crippen molar-refractivity contribution in [2.45, 2.75) is 26.2 Å². The molecule has 0 bridgehead atoms. The predicted octanol–water partition coefficient (Wildman–Crippen LogP) is 3.96. The highest BCUT2D eigenvalue weighted by atomic mass is 14.4. The molecule has 0 fully saturated rings. The van der Waals surface area contributed by atoms with E-state index in [1.807, 2.05) is 6.08 Å². The van der Waals surface area contributed by atoms with E-state index in [9.17, 15) is 0 Å². The molecule has 14 heavy (non-hydrogen) atoms. The molecular weight excluding hydrogens is 168 g/mol. The van der Waals surface area contributed by atoms with Gasteiger partial charge in [-0.25, -0.2) is 0 Å². The minimum atomic E-state index is 0.605. The van der Waals surface area contributed by atoms with Crippen LogP contribution in [0.2, 0.25) is 0 Å². The second-order valence-electron chi connectivity index (χ2n) is 3.87. The average molecular weight is 184 g/mol. The summed E-state index contributed by atoms with van der Waals surface area (Å²) >= 11 is 0. The van der Waals surface area contributed by atoms with Gasteiger partial charge in [-0.05, 0) is 37.0 Å². The Morgan fingerprint density at radius 3 is 2.86 bits per heavy atom. The van der Waals surface area contributed by atoms with Crippen LogP contribution in [0.5, 0.6) is 0 Å². The molecule has 0 heteroatoms. The van der Waals surface area contributed by atoms with E-state index in [1.165, 1.54) is 16.7 Å². The van der Waals surface area contributed by atoms with Crippen molar-refractivity contribution < 1.29 is 0 Å². The van der Waals surface area contributed by atoms with Crippen molar-refractivity contribution in [1.29, 1.82) is 0 Å². The van der Waals surface area contributed by atoms with Crippen LogP contribution in [-0.2, 0) is 0 Å². The first-order valence-corrected chi connectivity index (χ1v) is 5.15. The molecule has 0 spiro atoms. The van der Waals surface area contributed by atoms with Gasteiger partial charge in [0.15, 0.2) is 0 Å². The molecule has 0 heterocycles. The number of benzene rings is 1. The first kappa shape index (κ1) is 9.26. The largest absolute Gasteiger partial charge is 0.103 e. The normalized spacial score (nSPS) is 19.0. The smallest absolute Gasteiger partial charge is 0.0310 e. The van der Waals surface area contributed by atoms with Crippen molar-refractivity contribution in [1.82, 2.24) is 0 Å². The summed E-state index contributed by atoms with van der Waals surface area (Å²) < 4.78 is 0. The van der Waals surface area contributed by atoms with Crippen LogP contribution in [0.1, 0.15) is 36.0 Å². The van der Waals surface area contributed by atoms with Crippen LogP contribution in [0.3, 0.4) is 0 Å². The summed E-state index contributed by atoms with van der Waals surface area (Å²) in [5, 5.41) is 0. The van der Waals surface area contributed by atoms with Crippen molar-refractivity contribution in [2.75, 3.05) is 0 Å². The van der Waals surface area contributed by atoms with Crippen LogP contribution in [-0.4, -0.2) is 0 Å². The van der Waals surface area contributed by atoms with Gasteiger partial charge in [0.05, 0.1) is 0 Å². The fourth-order valence-electron chi connectivity index (χ4n) is 2.22. The van der Waals surface area contributed by atoms with E-state index < -0.39 is 0 Å². The number of fused-ring (bicyclic) bond motifs is 1. The number of hydrogen-bond donors (Lipinski definition) is 0. The van der Waals surface area contributed by atoms with Crippen molar-refractivity contribution in [3.63, 3.8) is 0 Å². The molecule has 0 aliphatic heterocycles. The SMILES string of the molecule is C=CCC(=CC)C1c2cccc(C)c21. The highest BCUT2D eigenvalue weighted by Gasteiger charge is 2.35. The fraction of sp³-hybridized carbons (Fsp3) is 0.286. The van der Waals surface area contributed by atoms with Gasteiger partial charge < -0.3 is 0 Å². The maximum atomic E-state index is 3.80. The van der Waals surface area contributed by atoms with E-state index >= 15 is 0 Å². The Morgan fingerprint density at radius 1 is 1.50 bits per heavy atom. The van der Waals surface area contributed by atoms with E-state index in [1.54, 1.807) is 5.56 Å². The Balaban J connectivity index is 2.27. The molecule has 0 N–H and O–H groups in total. The van der Waals surface area contributed by atoms with Crippen molar-refractivity contribution >= 4 is 0 Å². The molecule has 0 nitrogen and oxygen atoms in total. The number of hydrogen-bond acceptors (Lipinski definition) is 0. The van der Waals surface area contributed by atoms with Gasteiger partial charge in [0.2, 0.25) is 0 Å². The van der Waals surface area contributed by atoms with Gasteiger partial charge in [0, 0.05) is 5.92 Å². The van der Waals surface area contributed by atoms with Crippen LogP contribution in [0, 0.1) is 6.92 Å². The Bertz CT molecular complexity index is 396. The van der Waals surface area contributed by atoms with E-state index in [4.69, 9.17) is 0 Å². The Morgan fingerprint density at radius 2 is 2.29 bits per heavy atom. The molecule has 2 rings (SSSR count). The maximum Gasteiger partial charge on any atom is 0.0310 e. The summed E-state index contributed by atoms with van der Waals surface area (Å²) in [5.41, 5.74) is 5.97. The average Bonchev–Trinajstić information content (AvgIpc) is 2.90. The Kier molecular flexibility index (Phi) is 2.28. The first-order chi connectivity index (χ1) is 6.79. The molecule has 1 aliphatic rings. The molecule has 0 saturated heterocycles. The van der Waals surface area contributed by atoms with Gasteiger partial charge in [-0.15, -0.1) is 6.58 Å². The minimum Gasteiger partial charge on any atom is -0.103 e. The van der Waals surface area contributed by atoms with E-state index in [0.29, 0.717) is 5.92 Å². The molecule has 0 saturated carbocycles. The van der Waals surface area contributed by atoms with Crippen LogP contribution < -0.4 is 0 Å². The van der Waals surface area contributed by atoms with Crippen molar-refractivity contribution in [3.8, 4) is 0 Å². The van der Waals surface area contributed by atoms with Gasteiger partial charge in [-0.1, -0.05) is 35.9 Å². The lowest BCUT2D eigenvalue weighted by Gasteiger charge is -2.00. The zero-order chi connectivity index (χ0) is 10.1. The second-order valence-corrected chi connectivity index (χ2v) is 3.87. The van der Waals surface area contributed by atoms with Crippen LogP contribution >= 0.6 is 0 Å². The van der Waals surface area contributed by atoms with Crippen LogP contribution in [0.25, 0.3) is 0 Å².